The Morgan fingerprint density at radius 3 is 0.792 bits per heavy atom. The third-order valence-corrected chi connectivity index (χ3v) is 20.1. The highest BCUT2D eigenvalue weighted by Gasteiger charge is 2.30. The minimum absolute atomic E-state index is 0.105. The summed E-state index contributed by atoms with van der Waals surface area (Å²) in [5.74, 6) is 0.207. The number of phosphoric ester groups is 2. The van der Waals surface area contributed by atoms with E-state index >= 15 is 0 Å². The Balaban J connectivity index is 5.24. The van der Waals surface area contributed by atoms with Crippen LogP contribution in [0, 0.1) is 17.8 Å². The Hall–Kier alpha value is -1.94. The molecule has 0 aliphatic carbocycles. The van der Waals surface area contributed by atoms with Gasteiger partial charge in [-0.15, -0.1) is 0 Å². The van der Waals surface area contributed by atoms with Crippen LogP contribution < -0.4 is 0 Å². The molecule has 0 saturated heterocycles. The van der Waals surface area contributed by atoms with E-state index in [0.29, 0.717) is 25.7 Å². The van der Waals surface area contributed by atoms with Crippen LogP contribution in [0.2, 0.25) is 0 Å². The largest absolute Gasteiger partial charge is 0.472 e. The lowest BCUT2D eigenvalue weighted by molar-refractivity contribution is -0.161. The zero-order valence-corrected chi connectivity index (χ0v) is 64.6. The summed E-state index contributed by atoms with van der Waals surface area (Å²) < 4.78 is 68.6. The zero-order valence-electron chi connectivity index (χ0n) is 62.8. The van der Waals surface area contributed by atoms with Gasteiger partial charge >= 0.3 is 39.5 Å². The van der Waals surface area contributed by atoms with Crippen LogP contribution in [0.15, 0.2) is 0 Å². The molecule has 0 heterocycles. The molecule has 0 aliphatic heterocycles. The van der Waals surface area contributed by atoms with Crippen molar-refractivity contribution in [2.45, 2.75) is 414 Å². The van der Waals surface area contributed by atoms with E-state index in [4.69, 9.17) is 37.0 Å². The van der Waals surface area contributed by atoms with Crippen molar-refractivity contribution in [3.63, 3.8) is 0 Å². The second-order valence-electron chi connectivity index (χ2n) is 28.9. The first-order chi connectivity index (χ1) is 46.3. The lowest BCUT2D eigenvalue weighted by atomic mass is 9.99. The summed E-state index contributed by atoms with van der Waals surface area (Å²) in [6, 6.07) is 0. The van der Waals surface area contributed by atoms with Crippen molar-refractivity contribution in [1.82, 2.24) is 0 Å². The molecule has 0 bridgehead atoms. The summed E-state index contributed by atoms with van der Waals surface area (Å²) in [7, 11) is -9.91. The number of hydrogen-bond acceptors (Lipinski definition) is 15. The third-order valence-electron chi connectivity index (χ3n) is 18.2. The zero-order chi connectivity index (χ0) is 70.9. The van der Waals surface area contributed by atoms with Crippen LogP contribution in [0.4, 0.5) is 0 Å². The number of rotatable bonds is 75. The van der Waals surface area contributed by atoms with Gasteiger partial charge in [-0.3, -0.25) is 37.3 Å². The molecule has 3 N–H and O–H groups in total. The average Bonchev–Trinajstić information content (AvgIpc) is 1.89. The summed E-state index contributed by atoms with van der Waals surface area (Å²) in [5, 5.41) is 10.6. The Morgan fingerprint density at radius 2 is 0.531 bits per heavy atom. The molecule has 19 heteroatoms. The molecule has 0 aliphatic rings. The van der Waals surface area contributed by atoms with E-state index in [2.05, 4.69) is 48.5 Å². The van der Waals surface area contributed by atoms with Gasteiger partial charge in [0.25, 0.3) is 0 Å². The van der Waals surface area contributed by atoms with Crippen LogP contribution >= 0.6 is 15.6 Å². The number of hydrogen-bond donors (Lipinski definition) is 3. The number of unbranched alkanes of at least 4 members (excludes halogenated alkanes) is 42. The highest BCUT2D eigenvalue weighted by atomic mass is 31.2. The summed E-state index contributed by atoms with van der Waals surface area (Å²) in [6.07, 6.45) is 54.0. The lowest BCUT2D eigenvalue weighted by Gasteiger charge is -2.21. The van der Waals surface area contributed by atoms with Crippen LogP contribution in [0.25, 0.3) is 0 Å². The first-order valence-corrected chi connectivity index (χ1v) is 42.9. The molecule has 0 aromatic carbocycles. The third kappa shape index (κ3) is 69.2. The van der Waals surface area contributed by atoms with Crippen LogP contribution in [0.5, 0.6) is 0 Å². The van der Waals surface area contributed by atoms with Gasteiger partial charge in [0, 0.05) is 25.7 Å². The molecule has 0 rings (SSSR count). The maximum absolute atomic E-state index is 13.1. The predicted octanol–water partition coefficient (Wildman–Crippen LogP) is 22.6. The van der Waals surface area contributed by atoms with Crippen molar-refractivity contribution in [3.05, 3.63) is 0 Å². The number of aliphatic hydroxyl groups is 1. The highest BCUT2D eigenvalue weighted by molar-refractivity contribution is 7.47. The molecule has 0 amide bonds. The minimum atomic E-state index is -4.96. The van der Waals surface area contributed by atoms with Gasteiger partial charge in [0.15, 0.2) is 12.2 Å². The minimum Gasteiger partial charge on any atom is -0.462 e. The number of carbonyl (C=O) groups excluding carboxylic acids is 4. The smallest absolute Gasteiger partial charge is 0.462 e. The van der Waals surface area contributed by atoms with Crippen LogP contribution in [0.1, 0.15) is 395 Å². The number of carbonyl (C=O) groups is 4. The molecule has 0 radical (unpaired) electrons. The molecular formula is C77H150O17P2. The van der Waals surface area contributed by atoms with E-state index in [0.717, 1.165) is 108 Å². The molecule has 96 heavy (non-hydrogen) atoms. The molecular weight excluding hydrogens is 1260 g/mol. The van der Waals surface area contributed by atoms with E-state index in [1.807, 2.05) is 0 Å². The molecule has 0 saturated carbocycles. The SMILES string of the molecule is CCCCCCCCCCCCCCCC(=O)OC[C@H](COP(=O)(O)OC[C@@H](O)COP(=O)(O)OC[C@@H](COC(=O)CCCCCCCCCCC(C)CC)OC(=O)CCCCCCCCCCCC(C)C)OC(=O)CCCCCCCCCCCCCCCCCCC(C)C. The van der Waals surface area contributed by atoms with Gasteiger partial charge in [0.2, 0.25) is 0 Å². The van der Waals surface area contributed by atoms with Crippen molar-refractivity contribution in [1.29, 1.82) is 0 Å². The quantitative estimate of drug-likeness (QED) is 0.0222. The van der Waals surface area contributed by atoms with Crippen molar-refractivity contribution >= 4 is 39.5 Å². The molecule has 3 unspecified atom stereocenters. The van der Waals surface area contributed by atoms with E-state index in [-0.39, 0.29) is 25.7 Å². The fourth-order valence-corrected chi connectivity index (χ4v) is 13.3. The molecule has 0 spiro atoms. The normalized spacial score (nSPS) is 14.3. The van der Waals surface area contributed by atoms with Crippen molar-refractivity contribution < 1.29 is 80.2 Å². The maximum atomic E-state index is 13.1. The van der Waals surface area contributed by atoms with Crippen molar-refractivity contribution in [2.24, 2.45) is 17.8 Å². The van der Waals surface area contributed by atoms with Gasteiger partial charge in [-0.05, 0) is 43.4 Å². The Kier molecular flexibility index (Phi) is 66.2. The number of aliphatic hydroxyl groups excluding tert-OH is 1. The van der Waals surface area contributed by atoms with Crippen LogP contribution in [-0.4, -0.2) is 96.7 Å². The topological polar surface area (TPSA) is 237 Å². The first-order valence-electron chi connectivity index (χ1n) is 39.9. The summed E-state index contributed by atoms with van der Waals surface area (Å²) in [6.45, 7) is 11.9. The summed E-state index contributed by atoms with van der Waals surface area (Å²) in [4.78, 5) is 72.9. The Bertz CT molecular complexity index is 1870. The van der Waals surface area contributed by atoms with Crippen molar-refractivity contribution in [2.75, 3.05) is 39.6 Å². The Labute approximate surface area is 588 Å². The molecule has 0 aromatic rings. The second-order valence-corrected chi connectivity index (χ2v) is 31.8. The molecule has 17 nitrogen and oxygen atoms in total. The van der Waals surface area contributed by atoms with Gasteiger partial charge < -0.3 is 33.8 Å². The van der Waals surface area contributed by atoms with E-state index < -0.39 is 97.5 Å². The van der Waals surface area contributed by atoms with Gasteiger partial charge in [0.05, 0.1) is 26.4 Å². The monoisotopic (exact) mass is 1410 g/mol. The standard InChI is InChI=1S/C77H150O17P2/c1-8-10-11-12-13-14-15-20-24-29-37-44-51-58-74(79)87-64-72(93-76(81)60-53-46-39-30-25-22-19-17-16-18-21-23-27-34-41-48-55-68(3)4)66-91-95(83,84)89-62-71(78)63-90-96(85,86)92-67-73(94-77(82)61-54-47-40-31-26-28-35-42-49-56-69(5)6)65-88-75(80)59-52-45-38-33-32-36-43-50-57-70(7)9-2/h68-73,78H,8-67H2,1-7H3,(H,83,84)(H,85,86)/t70?,71-,72-,73-/m1/s1. The van der Waals surface area contributed by atoms with Gasteiger partial charge in [0.1, 0.15) is 19.3 Å². The molecule has 0 aromatic heterocycles. The molecule has 6 atom stereocenters. The predicted molar refractivity (Wildman–Crippen MR) is 391 cm³/mol. The van der Waals surface area contributed by atoms with E-state index in [9.17, 15) is 43.2 Å². The highest BCUT2D eigenvalue weighted by Crippen LogP contribution is 2.45. The maximum Gasteiger partial charge on any atom is 0.472 e. The van der Waals surface area contributed by atoms with Crippen molar-refractivity contribution in [3.8, 4) is 0 Å². The van der Waals surface area contributed by atoms with Crippen LogP contribution in [0.3, 0.4) is 0 Å². The Morgan fingerprint density at radius 1 is 0.302 bits per heavy atom. The van der Waals surface area contributed by atoms with Gasteiger partial charge in [-0.2, -0.15) is 0 Å². The average molecular weight is 1410 g/mol. The molecule has 570 valence electrons. The molecule has 0 fully saturated rings. The second kappa shape index (κ2) is 67.5. The fourth-order valence-electron chi connectivity index (χ4n) is 11.7. The summed E-state index contributed by atoms with van der Waals surface area (Å²) >= 11 is 0. The first kappa shape index (κ1) is 94.1. The number of phosphoric acid groups is 2. The van der Waals surface area contributed by atoms with Gasteiger partial charge in [-0.25, -0.2) is 9.13 Å². The number of esters is 4. The fraction of sp³-hybridized carbons (Fsp3) is 0.948. The van der Waals surface area contributed by atoms with Crippen LogP contribution in [-0.2, 0) is 65.4 Å². The lowest BCUT2D eigenvalue weighted by Crippen LogP contribution is -2.30. The number of ether oxygens (including phenoxy) is 4. The summed E-state index contributed by atoms with van der Waals surface area (Å²) in [5.41, 5.74) is 0. The van der Waals surface area contributed by atoms with Gasteiger partial charge in [-0.1, -0.05) is 344 Å². The van der Waals surface area contributed by atoms with E-state index in [1.54, 1.807) is 0 Å². The van der Waals surface area contributed by atoms with E-state index in [1.165, 1.54) is 205 Å².